The van der Waals surface area contributed by atoms with Crippen LogP contribution in [-0.4, -0.2) is 0 Å². The Morgan fingerprint density at radius 3 is 1.80 bits per heavy atom. The molecule has 1 aliphatic rings. The fourth-order valence-corrected chi connectivity index (χ4v) is 2.11. The van der Waals surface area contributed by atoms with Gasteiger partial charge in [0.25, 0.3) is 0 Å². The molecular weight excluding hydrogens is 180 g/mol. The molecule has 1 saturated carbocycles. The molecule has 0 nitrogen and oxygen atoms in total. The molecule has 0 radical (unpaired) electrons. The highest BCUT2D eigenvalue weighted by molar-refractivity contribution is 5.14. The third kappa shape index (κ3) is 3.90. The lowest BCUT2D eigenvalue weighted by molar-refractivity contribution is 0.144. The molecule has 0 N–H and O–H groups in total. The summed E-state index contributed by atoms with van der Waals surface area (Å²) in [6, 6.07) is 0. The zero-order valence-corrected chi connectivity index (χ0v) is 11.3. The Balaban J connectivity index is 2.76. The second-order valence-corrected chi connectivity index (χ2v) is 7.05. The fraction of sp³-hybridized carbons (Fsp3) is 0.867. The molecule has 0 heteroatoms. The lowest BCUT2D eigenvalue weighted by atomic mass is 9.65. The van der Waals surface area contributed by atoms with Gasteiger partial charge in [0, 0.05) is 11.3 Å². The zero-order valence-electron chi connectivity index (χ0n) is 11.3. The van der Waals surface area contributed by atoms with E-state index in [0.717, 1.165) is 5.92 Å². The van der Waals surface area contributed by atoms with Crippen LogP contribution in [0.2, 0.25) is 0 Å². The van der Waals surface area contributed by atoms with E-state index in [1.165, 1.54) is 19.3 Å². The van der Waals surface area contributed by atoms with Crippen molar-refractivity contribution in [1.29, 1.82) is 0 Å². The van der Waals surface area contributed by atoms with Crippen molar-refractivity contribution in [1.82, 2.24) is 0 Å². The van der Waals surface area contributed by atoms with Gasteiger partial charge in [0.1, 0.15) is 0 Å². The van der Waals surface area contributed by atoms with Gasteiger partial charge in [-0.3, -0.25) is 0 Å². The molecule has 1 aliphatic carbocycles. The van der Waals surface area contributed by atoms with E-state index in [9.17, 15) is 0 Å². The van der Waals surface area contributed by atoms with Crippen molar-refractivity contribution in [2.45, 2.75) is 60.8 Å². The second kappa shape index (κ2) is 4.20. The van der Waals surface area contributed by atoms with E-state index in [4.69, 9.17) is 0 Å². The monoisotopic (exact) mass is 206 g/mol. The molecule has 1 unspecified atom stereocenters. The molecule has 0 bridgehead atoms. The molecule has 0 saturated heterocycles. The Morgan fingerprint density at radius 1 is 1.00 bits per heavy atom. The number of rotatable bonds is 1. The summed E-state index contributed by atoms with van der Waals surface area (Å²) < 4.78 is 0. The SMILES string of the molecule is CC(C)(C)C#CC(C1CCC1)C(C)(C)C. The van der Waals surface area contributed by atoms with Crippen molar-refractivity contribution >= 4 is 0 Å². The summed E-state index contributed by atoms with van der Waals surface area (Å²) in [4.78, 5) is 0. The predicted molar refractivity (Wildman–Crippen MR) is 67.5 cm³/mol. The summed E-state index contributed by atoms with van der Waals surface area (Å²) in [7, 11) is 0. The molecule has 0 spiro atoms. The van der Waals surface area contributed by atoms with Gasteiger partial charge in [-0.25, -0.2) is 0 Å². The summed E-state index contributed by atoms with van der Waals surface area (Å²) in [5, 5.41) is 0. The Hall–Kier alpha value is -0.440. The average Bonchev–Trinajstić information content (AvgIpc) is 1.88. The molecule has 15 heavy (non-hydrogen) atoms. The van der Waals surface area contributed by atoms with E-state index < -0.39 is 0 Å². The molecular formula is C15H26. The largest absolute Gasteiger partial charge is 0.0985 e. The van der Waals surface area contributed by atoms with E-state index in [-0.39, 0.29) is 5.41 Å². The maximum Gasteiger partial charge on any atom is 0.0279 e. The minimum atomic E-state index is 0.146. The van der Waals surface area contributed by atoms with Gasteiger partial charge < -0.3 is 0 Å². The lowest BCUT2D eigenvalue weighted by Gasteiger charge is -2.38. The number of hydrogen-bond donors (Lipinski definition) is 0. The summed E-state index contributed by atoms with van der Waals surface area (Å²) in [5.74, 6) is 8.43. The molecule has 0 aliphatic heterocycles. The molecule has 1 fully saturated rings. The van der Waals surface area contributed by atoms with Crippen molar-refractivity contribution in [3.8, 4) is 11.8 Å². The molecule has 0 aromatic rings. The summed E-state index contributed by atoms with van der Waals surface area (Å²) in [5.41, 5.74) is 0.483. The van der Waals surface area contributed by atoms with Gasteiger partial charge in [-0.15, -0.1) is 0 Å². The third-order valence-corrected chi connectivity index (χ3v) is 3.16. The Morgan fingerprint density at radius 2 is 1.53 bits per heavy atom. The number of hydrogen-bond acceptors (Lipinski definition) is 0. The van der Waals surface area contributed by atoms with E-state index in [1.807, 2.05) is 0 Å². The van der Waals surface area contributed by atoms with Crippen LogP contribution in [0.1, 0.15) is 60.8 Å². The first-order chi connectivity index (χ1) is 6.70. The Bertz CT molecular complexity index is 257. The maximum atomic E-state index is 3.55. The van der Waals surface area contributed by atoms with Gasteiger partial charge in [0.05, 0.1) is 0 Å². The van der Waals surface area contributed by atoms with Gasteiger partial charge in [0.15, 0.2) is 0 Å². The highest BCUT2D eigenvalue weighted by Gasteiger charge is 2.34. The van der Waals surface area contributed by atoms with Crippen molar-refractivity contribution in [2.24, 2.45) is 22.7 Å². The van der Waals surface area contributed by atoms with Gasteiger partial charge in [0.2, 0.25) is 0 Å². The first-order valence-corrected chi connectivity index (χ1v) is 6.23. The van der Waals surface area contributed by atoms with E-state index in [1.54, 1.807) is 0 Å². The van der Waals surface area contributed by atoms with Crippen molar-refractivity contribution in [3.63, 3.8) is 0 Å². The normalized spacial score (nSPS) is 20.1. The van der Waals surface area contributed by atoms with Crippen LogP contribution in [0.3, 0.4) is 0 Å². The van der Waals surface area contributed by atoms with Crippen LogP contribution in [-0.2, 0) is 0 Å². The van der Waals surface area contributed by atoms with Crippen LogP contribution >= 0.6 is 0 Å². The highest BCUT2D eigenvalue weighted by atomic mass is 14.4. The Kier molecular flexibility index (Phi) is 3.54. The maximum absolute atomic E-state index is 3.55. The third-order valence-electron chi connectivity index (χ3n) is 3.16. The van der Waals surface area contributed by atoms with Crippen LogP contribution in [0.5, 0.6) is 0 Å². The van der Waals surface area contributed by atoms with Crippen molar-refractivity contribution in [3.05, 3.63) is 0 Å². The second-order valence-electron chi connectivity index (χ2n) is 7.05. The molecule has 86 valence electrons. The van der Waals surface area contributed by atoms with E-state index >= 15 is 0 Å². The topological polar surface area (TPSA) is 0 Å². The smallest absolute Gasteiger partial charge is 0.0279 e. The first kappa shape index (κ1) is 12.6. The quantitative estimate of drug-likeness (QED) is 0.554. The van der Waals surface area contributed by atoms with Gasteiger partial charge in [-0.1, -0.05) is 39.0 Å². The molecule has 1 atom stereocenters. The summed E-state index contributed by atoms with van der Waals surface area (Å²) in [6.45, 7) is 13.6. The van der Waals surface area contributed by atoms with E-state index in [0.29, 0.717) is 11.3 Å². The van der Waals surface area contributed by atoms with Crippen LogP contribution in [0.25, 0.3) is 0 Å². The van der Waals surface area contributed by atoms with Crippen molar-refractivity contribution in [2.75, 3.05) is 0 Å². The first-order valence-electron chi connectivity index (χ1n) is 6.23. The van der Waals surface area contributed by atoms with Crippen LogP contribution in [0.4, 0.5) is 0 Å². The minimum Gasteiger partial charge on any atom is -0.0985 e. The Labute approximate surface area is 95.8 Å². The molecule has 0 aromatic carbocycles. The zero-order chi connectivity index (χ0) is 11.7. The molecule has 0 amide bonds. The average molecular weight is 206 g/mol. The predicted octanol–water partition coefficient (Wildman–Crippen LogP) is 4.50. The van der Waals surface area contributed by atoms with Crippen molar-refractivity contribution < 1.29 is 0 Å². The highest BCUT2D eigenvalue weighted by Crippen LogP contribution is 2.42. The fourth-order valence-electron chi connectivity index (χ4n) is 2.11. The summed E-state index contributed by atoms with van der Waals surface area (Å²) >= 11 is 0. The van der Waals surface area contributed by atoms with Crippen LogP contribution in [0.15, 0.2) is 0 Å². The van der Waals surface area contributed by atoms with Gasteiger partial charge in [-0.05, 0) is 44.9 Å². The molecule has 0 heterocycles. The van der Waals surface area contributed by atoms with Gasteiger partial charge >= 0.3 is 0 Å². The lowest BCUT2D eigenvalue weighted by Crippen LogP contribution is -2.31. The minimum absolute atomic E-state index is 0.146. The standard InChI is InChI=1S/C15H26/c1-14(2,3)11-10-13(15(4,5)6)12-8-7-9-12/h12-13H,7-9H2,1-6H3. The summed E-state index contributed by atoms with van der Waals surface area (Å²) in [6.07, 6.45) is 4.19. The van der Waals surface area contributed by atoms with Gasteiger partial charge in [-0.2, -0.15) is 0 Å². The van der Waals surface area contributed by atoms with Crippen LogP contribution in [0, 0.1) is 34.5 Å². The van der Waals surface area contributed by atoms with Crippen LogP contribution < -0.4 is 0 Å². The molecule has 1 rings (SSSR count). The van der Waals surface area contributed by atoms with E-state index in [2.05, 4.69) is 53.4 Å². The molecule has 0 aromatic heterocycles.